The largest absolute Gasteiger partial charge is 0.508 e. The van der Waals surface area contributed by atoms with Gasteiger partial charge in [-0.25, -0.2) is 0 Å². The van der Waals surface area contributed by atoms with E-state index in [1.54, 1.807) is 6.07 Å². The number of aromatic hydroxyl groups is 1. The van der Waals surface area contributed by atoms with Gasteiger partial charge in [-0.1, -0.05) is 0 Å². The number of aryl methyl sites for hydroxylation is 1. The lowest BCUT2D eigenvalue weighted by Crippen LogP contribution is -2.39. The van der Waals surface area contributed by atoms with Crippen LogP contribution in [0, 0.1) is 6.92 Å². The van der Waals surface area contributed by atoms with Gasteiger partial charge >= 0.3 is 0 Å². The molecule has 0 saturated carbocycles. The second kappa shape index (κ2) is 6.07. The van der Waals surface area contributed by atoms with E-state index < -0.39 is 0 Å². The molecule has 4 rings (SSSR count). The third-order valence-corrected chi connectivity index (χ3v) is 4.95. The van der Waals surface area contributed by atoms with Crippen LogP contribution in [0.2, 0.25) is 0 Å². The Morgan fingerprint density at radius 3 is 2.79 bits per heavy atom. The smallest absolute Gasteiger partial charge is 0.117 e. The van der Waals surface area contributed by atoms with E-state index in [9.17, 15) is 5.11 Å². The minimum atomic E-state index is 0.285. The van der Waals surface area contributed by atoms with E-state index in [1.807, 2.05) is 18.3 Å². The Labute approximate surface area is 141 Å². The number of hydrogen-bond acceptors (Lipinski definition) is 4. The van der Waals surface area contributed by atoms with Crippen molar-refractivity contribution >= 4 is 21.8 Å². The van der Waals surface area contributed by atoms with E-state index in [0.29, 0.717) is 5.75 Å². The van der Waals surface area contributed by atoms with Crippen LogP contribution in [-0.4, -0.2) is 52.4 Å². The molecule has 0 amide bonds. The third-order valence-electron chi connectivity index (χ3n) is 4.95. The van der Waals surface area contributed by atoms with Gasteiger partial charge in [0.05, 0.1) is 29.9 Å². The molecule has 3 aromatic rings. The number of benzene rings is 1. The Balaban J connectivity index is 1.86. The standard InChI is InChI=1S/C19H23N3O2/c1-13(12-21-7-9-24-10-8-21)22-18-11-15(23)3-4-16(18)17-5-6-20-14(2)19(17)22/h3-6,11,13,23H,7-10,12H2,1-2H3. The maximum Gasteiger partial charge on any atom is 0.117 e. The van der Waals surface area contributed by atoms with E-state index in [-0.39, 0.29) is 6.04 Å². The Morgan fingerprint density at radius 2 is 2.00 bits per heavy atom. The first-order valence-corrected chi connectivity index (χ1v) is 8.53. The molecule has 126 valence electrons. The van der Waals surface area contributed by atoms with Crippen LogP contribution in [-0.2, 0) is 4.74 Å². The van der Waals surface area contributed by atoms with Gasteiger partial charge in [0.25, 0.3) is 0 Å². The van der Waals surface area contributed by atoms with Crippen molar-refractivity contribution in [3.05, 3.63) is 36.2 Å². The fourth-order valence-corrected chi connectivity index (χ4v) is 3.84. The number of fused-ring (bicyclic) bond motifs is 3. The first-order valence-electron chi connectivity index (χ1n) is 8.53. The second-order valence-corrected chi connectivity index (χ2v) is 6.63. The lowest BCUT2D eigenvalue weighted by atomic mass is 10.1. The highest BCUT2D eigenvalue weighted by atomic mass is 16.5. The number of rotatable bonds is 3. The highest BCUT2D eigenvalue weighted by Gasteiger charge is 2.20. The van der Waals surface area contributed by atoms with E-state index >= 15 is 0 Å². The average Bonchev–Trinajstić information content (AvgIpc) is 2.90. The molecule has 5 nitrogen and oxygen atoms in total. The summed E-state index contributed by atoms with van der Waals surface area (Å²) in [6.07, 6.45) is 1.86. The maximum atomic E-state index is 10.00. The van der Waals surface area contributed by atoms with Gasteiger partial charge in [-0.05, 0) is 32.0 Å². The molecule has 0 aliphatic carbocycles. The van der Waals surface area contributed by atoms with Gasteiger partial charge in [-0.2, -0.15) is 0 Å². The fourth-order valence-electron chi connectivity index (χ4n) is 3.84. The molecule has 1 fully saturated rings. The maximum absolute atomic E-state index is 10.00. The quantitative estimate of drug-likeness (QED) is 0.804. The van der Waals surface area contributed by atoms with Crippen LogP contribution >= 0.6 is 0 Å². The molecule has 24 heavy (non-hydrogen) atoms. The van der Waals surface area contributed by atoms with Crippen LogP contribution in [0.3, 0.4) is 0 Å². The molecule has 1 atom stereocenters. The summed E-state index contributed by atoms with van der Waals surface area (Å²) in [5.41, 5.74) is 3.26. The van der Waals surface area contributed by atoms with Gasteiger partial charge in [0, 0.05) is 48.7 Å². The number of ether oxygens (including phenoxy) is 1. The number of nitrogens with zero attached hydrogens (tertiary/aromatic N) is 3. The van der Waals surface area contributed by atoms with Crippen LogP contribution in [0.25, 0.3) is 21.8 Å². The summed E-state index contributed by atoms with van der Waals surface area (Å²) in [7, 11) is 0. The van der Waals surface area contributed by atoms with E-state index in [4.69, 9.17) is 4.74 Å². The first-order chi connectivity index (χ1) is 11.6. The molecular formula is C19H23N3O2. The molecule has 1 unspecified atom stereocenters. The summed E-state index contributed by atoms with van der Waals surface area (Å²) in [6, 6.07) is 7.98. The number of aromatic nitrogens is 2. The molecule has 1 aliphatic heterocycles. The van der Waals surface area contributed by atoms with Gasteiger partial charge in [0.2, 0.25) is 0 Å². The Hall–Kier alpha value is -2.11. The summed E-state index contributed by atoms with van der Waals surface area (Å²) in [5, 5.41) is 12.4. The molecular weight excluding hydrogens is 302 g/mol. The number of phenols is 1. The molecule has 1 saturated heterocycles. The lowest BCUT2D eigenvalue weighted by Gasteiger charge is -2.30. The SMILES string of the molecule is Cc1nccc2c3ccc(O)cc3n(C(C)CN3CCOCC3)c12. The molecule has 1 aliphatic rings. The zero-order chi connectivity index (χ0) is 16.7. The van der Waals surface area contributed by atoms with Crippen molar-refractivity contribution in [1.82, 2.24) is 14.5 Å². The van der Waals surface area contributed by atoms with Crippen molar-refractivity contribution < 1.29 is 9.84 Å². The van der Waals surface area contributed by atoms with Gasteiger partial charge in [-0.15, -0.1) is 0 Å². The number of hydrogen-bond donors (Lipinski definition) is 1. The molecule has 1 aromatic carbocycles. The molecule has 5 heteroatoms. The predicted octanol–water partition coefficient (Wildman–Crippen LogP) is 3.10. The van der Waals surface area contributed by atoms with Crippen molar-refractivity contribution in [2.24, 2.45) is 0 Å². The van der Waals surface area contributed by atoms with Gasteiger partial charge in [-0.3, -0.25) is 9.88 Å². The summed E-state index contributed by atoms with van der Waals surface area (Å²) >= 11 is 0. The molecule has 1 N–H and O–H groups in total. The van der Waals surface area contributed by atoms with Crippen molar-refractivity contribution in [3.8, 4) is 5.75 Å². The topological polar surface area (TPSA) is 50.5 Å². The fraction of sp³-hybridized carbons (Fsp3) is 0.421. The van der Waals surface area contributed by atoms with Gasteiger partial charge < -0.3 is 14.4 Å². The van der Waals surface area contributed by atoms with E-state index in [2.05, 4.69) is 34.4 Å². The summed E-state index contributed by atoms with van der Waals surface area (Å²) in [4.78, 5) is 6.94. The third kappa shape index (κ3) is 2.54. The monoisotopic (exact) mass is 325 g/mol. The lowest BCUT2D eigenvalue weighted by molar-refractivity contribution is 0.0330. The van der Waals surface area contributed by atoms with Crippen LogP contribution in [0.1, 0.15) is 18.7 Å². The molecule has 2 aromatic heterocycles. The summed E-state index contributed by atoms with van der Waals surface area (Å²) in [6.45, 7) is 8.83. The minimum Gasteiger partial charge on any atom is -0.508 e. The predicted molar refractivity (Wildman–Crippen MR) is 95.6 cm³/mol. The minimum absolute atomic E-state index is 0.285. The molecule has 0 radical (unpaired) electrons. The number of phenolic OH excluding ortho intramolecular Hbond substituents is 1. The Morgan fingerprint density at radius 1 is 1.21 bits per heavy atom. The van der Waals surface area contributed by atoms with Crippen molar-refractivity contribution in [2.75, 3.05) is 32.8 Å². The highest BCUT2D eigenvalue weighted by molar-refractivity contribution is 6.09. The van der Waals surface area contributed by atoms with Crippen LogP contribution < -0.4 is 0 Å². The van der Waals surface area contributed by atoms with E-state index in [0.717, 1.165) is 44.1 Å². The van der Waals surface area contributed by atoms with E-state index in [1.165, 1.54) is 16.3 Å². The van der Waals surface area contributed by atoms with Crippen molar-refractivity contribution in [2.45, 2.75) is 19.9 Å². The zero-order valence-electron chi connectivity index (χ0n) is 14.2. The van der Waals surface area contributed by atoms with Crippen molar-refractivity contribution in [3.63, 3.8) is 0 Å². The van der Waals surface area contributed by atoms with Crippen molar-refractivity contribution in [1.29, 1.82) is 0 Å². The van der Waals surface area contributed by atoms with Crippen LogP contribution in [0.4, 0.5) is 0 Å². The normalized spacial score (nSPS) is 17.6. The summed E-state index contributed by atoms with van der Waals surface area (Å²) in [5.74, 6) is 0.302. The zero-order valence-corrected chi connectivity index (χ0v) is 14.2. The number of morpholine rings is 1. The highest BCUT2D eigenvalue weighted by Crippen LogP contribution is 2.35. The second-order valence-electron chi connectivity index (χ2n) is 6.63. The van der Waals surface area contributed by atoms with Crippen LogP contribution in [0.5, 0.6) is 5.75 Å². The molecule has 3 heterocycles. The Kier molecular flexibility index (Phi) is 3.90. The Bertz CT molecular complexity index is 881. The van der Waals surface area contributed by atoms with Gasteiger partial charge in [0.15, 0.2) is 0 Å². The molecule has 0 spiro atoms. The first kappa shape index (κ1) is 15.4. The number of pyridine rings is 1. The molecule has 0 bridgehead atoms. The van der Waals surface area contributed by atoms with Crippen LogP contribution in [0.15, 0.2) is 30.5 Å². The summed E-state index contributed by atoms with van der Waals surface area (Å²) < 4.78 is 7.79. The average molecular weight is 325 g/mol. The van der Waals surface area contributed by atoms with Gasteiger partial charge in [0.1, 0.15) is 5.75 Å².